The molecule has 0 saturated carbocycles. The van der Waals surface area contributed by atoms with Crippen molar-refractivity contribution in [2.75, 3.05) is 10.0 Å². The maximum Gasteiger partial charge on any atom is 0.262 e. The number of sulfonamides is 1. The lowest BCUT2D eigenvalue weighted by Gasteiger charge is -2.13. The molecule has 0 aliphatic rings. The van der Waals surface area contributed by atoms with Gasteiger partial charge in [0, 0.05) is 11.9 Å². The van der Waals surface area contributed by atoms with E-state index in [1.807, 2.05) is 0 Å². The number of rotatable bonds is 5. The van der Waals surface area contributed by atoms with E-state index in [1.54, 1.807) is 43.3 Å². The lowest BCUT2D eigenvalue weighted by Crippen LogP contribution is -2.16. The van der Waals surface area contributed by atoms with E-state index in [4.69, 9.17) is 34.8 Å². The molecule has 0 fully saturated rings. The molecule has 0 atom stereocenters. The molecule has 0 spiro atoms. The van der Waals surface area contributed by atoms with Gasteiger partial charge in [0.15, 0.2) is 0 Å². The van der Waals surface area contributed by atoms with Crippen molar-refractivity contribution in [1.29, 1.82) is 0 Å². The molecule has 29 heavy (non-hydrogen) atoms. The minimum atomic E-state index is -3.94. The molecule has 0 aliphatic heterocycles. The first kappa shape index (κ1) is 21.4. The zero-order chi connectivity index (χ0) is 21.2. The molecule has 1 heterocycles. The average Bonchev–Trinajstić information content (AvgIpc) is 2.67. The van der Waals surface area contributed by atoms with Crippen LogP contribution < -0.4 is 10.0 Å². The Morgan fingerprint density at radius 3 is 2.41 bits per heavy atom. The Bertz CT molecular complexity index is 1200. The fourth-order valence-electron chi connectivity index (χ4n) is 2.46. The number of hydrogen-bond donors (Lipinski definition) is 2. The van der Waals surface area contributed by atoms with Crippen LogP contribution in [-0.2, 0) is 10.0 Å². The Kier molecular flexibility index (Phi) is 6.33. The van der Waals surface area contributed by atoms with E-state index in [0.29, 0.717) is 5.56 Å². The van der Waals surface area contributed by atoms with Crippen LogP contribution in [0, 0.1) is 6.92 Å². The number of amides is 1. The first-order valence-electron chi connectivity index (χ1n) is 8.18. The quantitative estimate of drug-likeness (QED) is 0.488. The number of nitrogens with zero attached hydrogens (tertiary/aromatic N) is 1. The summed E-state index contributed by atoms with van der Waals surface area (Å²) in [7, 11) is -3.94. The lowest BCUT2D eigenvalue weighted by atomic mass is 10.2. The van der Waals surface area contributed by atoms with Gasteiger partial charge in [-0.25, -0.2) is 13.4 Å². The summed E-state index contributed by atoms with van der Waals surface area (Å²) in [6.07, 6.45) is 1.27. The second-order valence-corrected chi connectivity index (χ2v) is 8.84. The number of pyridine rings is 1. The summed E-state index contributed by atoms with van der Waals surface area (Å²) in [5, 5.41) is 3.11. The van der Waals surface area contributed by atoms with Gasteiger partial charge in [-0.1, -0.05) is 53.0 Å². The van der Waals surface area contributed by atoms with Gasteiger partial charge in [0.2, 0.25) is 0 Å². The van der Waals surface area contributed by atoms with Gasteiger partial charge in [-0.3, -0.25) is 9.52 Å². The van der Waals surface area contributed by atoms with Crippen LogP contribution in [-0.4, -0.2) is 19.3 Å². The van der Waals surface area contributed by atoms with Crippen molar-refractivity contribution in [3.05, 3.63) is 81.1 Å². The molecule has 3 rings (SSSR count). The van der Waals surface area contributed by atoms with Crippen LogP contribution >= 0.6 is 34.8 Å². The zero-order valence-electron chi connectivity index (χ0n) is 14.9. The van der Waals surface area contributed by atoms with Crippen LogP contribution in [0.4, 0.5) is 11.4 Å². The van der Waals surface area contributed by atoms with E-state index < -0.39 is 15.9 Å². The minimum Gasteiger partial charge on any atom is -0.322 e. The Balaban J connectivity index is 1.88. The first-order valence-corrected chi connectivity index (χ1v) is 10.8. The predicted molar refractivity (Wildman–Crippen MR) is 116 cm³/mol. The molecule has 2 aromatic carbocycles. The lowest BCUT2D eigenvalue weighted by molar-refractivity contribution is 0.102. The van der Waals surface area contributed by atoms with Gasteiger partial charge in [0.1, 0.15) is 5.15 Å². The van der Waals surface area contributed by atoms with Gasteiger partial charge in [0.05, 0.1) is 26.2 Å². The molecule has 0 unspecified atom stereocenters. The Hall–Kier alpha value is -2.32. The second kappa shape index (κ2) is 8.59. The molecule has 0 bridgehead atoms. The number of halogens is 3. The molecule has 0 aliphatic carbocycles. The van der Waals surface area contributed by atoms with Gasteiger partial charge in [0.25, 0.3) is 15.9 Å². The molecule has 3 aromatic rings. The fourth-order valence-corrected chi connectivity index (χ4v) is 4.32. The largest absolute Gasteiger partial charge is 0.322 e. The number of carbonyl (C=O) groups is 1. The van der Waals surface area contributed by atoms with Gasteiger partial charge in [-0.15, -0.1) is 0 Å². The van der Waals surface area contributed by atoms with Crippen molar-refractivity contribution in [1.82, 2.24) is 4.98 Å². The summed E-state index contributed by atoms with van der Waals surface area (Å²) >= 11 is 17.7. The molecule has 1 amide bonds. The van der Waals surface area contributed by atoms with E-state index in [1.165, 1.54) is 18.3 Å². The number of aromatic nitrogens is 1. The van der Waals surface area contributed by atoms with Crippen molar-refractivity contribution >= 4 is 62.1 Å². The third-order valence-corrected chi connectivity index (χ3v) is 6.44. The standard InChI is InChI=1S/C19H14Cl3N3O3S/c1-11-6-7-13(24-19(26)12-8-15(21)18(22)23-10-12)9-17(11)29(27,28)25-16-5-3-2-4-14(16)20/h2-10,25H,1H3,(H,24,26). The predicted octanol–water partition coefficient (Wildman–Crippen LogP) is 5.40. The smallest absolute Gasteiger partial charge is 0.262 e. The number of nitrogens with one attached hydrogen (secondary N) is 2. The SMILES string of the molecule is Cc1ccc(NC(=O)c2cnc(Cl)c(Cl)c2)cc1S(=O)(=O)Nc1ccccc1Cl. The average molecular weight is 471 g/mol. The molecule has 1 aromatic heterocycles. The van der Waals surface area contributed by atoms with Crippen molar-refractivity contribution < 1.29 is 13.2 Å². The first-order chi connectivity index (χ1) is 13.7. The van der Waals surface area contributed by atoms with Gasteiger partial charge in [-0.2, -0.15) is 0 Å². The van der Waals surface area contributed by atoms with Crippen LogP contribution in [0.1, 0.15) is 15.9 Å². The molecule has 150 valence electrons. The second-order valence-electron chi connectivity index (χ2n) is 6.02. The van der Waals surface area contributed by atoms with Gasteiger partial charge in [-0.05, 0) is 42.8 Å². The molecule has 0 saturated heterocycles. The summed E-state index contributed by atoms with van der Waals surface area (Å²) in [5.74, 6) is -0.512. The summed E-state index contributed by atoms with van der Waals surface area (Å²) in [5.41, 5.74) is 1.22. The molecule has 2 N–H and O–H groups in total. The number of hydrogen-bond acceptors (Lipinski definition) is 4. The third-order valence-electron chi connectivity index (χ3n) is 3.91. The Morgan fingerprint density at radius 1 is 1.00 bits per heavy atom. The van der Waals surface area contributed by atoms with Crippen LogP contribution in [0.5, 0.6) is 0 Å². The van der Waals surface area contributed by atoms with E-state index in [2.05, 4.69) is 15.0 Å². The summed E-state index contributed by atoms with van der Waals surface area (Å²) in [6, 6.07) is 12.4. The van der Waals surface area contributed by atoms with Crippen LogP contribution in [0.15, 0.2) is 59.6 Å². The van der Waals surface area contributed by atoms with Gasteiger partial charge >= 0.3 is 0 Å². The van der Waals surface area contributed by atoms with E-state index in [0.717, 1.165) is 0 Å². The highest BCUT2D eigenvalue weighted by molar-refractivity contribution is 7.92. The van der Waals surface area contributed by atoms with Crippen molar-refractivity contribution in [2.45, 2.75) is 11.8 Å². The topological polar surface area (TPSA) is 88.2 Å². The normalized spacial score (nSPS) is 11.2. The van der Waals surface area contributed by atoms with Crippen LogP contribution in [0.3, 0.4) is 0 Å². The monoisotopic (exact) mass is 469 g/mol. The highest BCUT2D eigenvalue weighted by Crippen LogP contribution is 2.27. The Morgan fingerprint density at radius 2 is 1.72 bits per heavy atom. The van der Waals surface area contributed by atoms with Crippen molar-refractivity contribution in [3.63, 3.8) is 0 Å². The maximum atomic E-state index is 12.8. The molecular formula is C19H14Cl3N3O3S. The number of benzene rings is 2. The van der Waals surface area contributed by atoms with Gasteiger partial charge < -0.3 is 5.32 Å². The summed E-state index contributed by atoms with van der Waals surface area (Å²) in [6.45, 7) is 1.65. The van der Waals surface area contributed by atoms with Crippen molar-refractivity contribution in [3.8, 4) is 0 Å². The highest BCUT2D eigenvalue weighted by atomic mass is 35.5. The molecule has 6 nitrogen and oxygen atoms in total. The van der Waals surface area contributed by atoms with Crippen molar-refractivity contribution in [2.24, 2.45) is 0 Å². The van der Waals surface area contributed by atoms with E-state index >= 15 is 0 Å². The fraction of sp³-hybridized carbons (Fsp3) is 0.0526. The Labute approximate surface area is 182 Å². The number of aryl methyl sites for hydroxylation is 1. The third kappa shape index (κ3) is 5.00. The van der Waals surface area contributed by atoms with E-state index in [9.17, 15) is 13.2 Å². The number of carbonyl (C=O) groups excluding carboxylic acids is 1. The number of anilines is 2. The van der Waals surface area contributed by atoms with E-state index in [-0.39, 0.29) is 37.0 Å². The zero-order valence-corrected chi connectivity index (χ0v) is 18.0. The van der Waals surface area contributed by atoms with Crippen LogP contribution in [0.25, 0.3) is 0 Å². The maximum absolute atomic E-state index is 12.8. The number of para-hydroxylation sites is 1. The molecular weight excluding hydrogens is 457 g/mol. The highest BCUT2D eigenvalue weighted by Gasteiger charge is 2.19. The minimum absolute atomic E-state index is 0.00230. The summed E-state index contributed by atoms with van der Waals surface area (Å²) < 4.78 is 28.1. The molecule has 0 radical (unpaired) electrons. The molecule has 10 heteroatoms. The summed E-state index contributed by atoms with van der Waals surface area (Å²) in [4.78, 5) is 16.2. The van der Waals surface area contributed by atoms with Crippen LogP contribution in [0.2, 0.25) is 15.2 Å².